The van der Waals surface area contributed by atoms with Crippen LogP contribution >= 0.6 is 11.3 Å². The zero-order valence-corrected chi connectivity index (χ0v) is 25.3. The summed E-state index contributed by atoms with van der Waals surface area (Å²) < 4.78 is 117. The van der Waals surface area contributed by atoms with Crippen LogP contribution in [-0.4, -0.2) is 76.7 Å². The Balaban J connectivity index is 0.000000323. The SMILES string of the molecule is O=C(NCCN1CCOCC1)Nc1nc2ccc(OS(=O)(=O)c3c(F)cccc3F)cc2s1.O=S(=O)(O)c1c(F)cccc1F. The summed E-state index contributed by atoms with van der Waals surface area (Å²) in [5.41, 5.74) is 0.491. The smallest absolute Gasteiger partial charge is 0.345 e. The second-order valence-electron chi connectivity index (χ2n) is 9.10. The van der Waals surface area contributed by atoms with E-state index in [4.69, 9.17) is 13.5 Å². The summed E-state index contributed by atoms with van der Waals surface area (Å²) in [5, 5.41) is 5.69. The zero-order chi connectivity index (χ0) is 32.8. The first-order chi connectivity index (χ1) is 21.2. The Labute approximate surface area is 258 Å². The Bertz CT molecular complexity index is 1860. The van der Waals surface area contributed by atoms with Crippen LogP contribution in [0, 0.1) is 23.3 Å². The zero-order valence-electron chi connectivity index (χ0n) is 22.9. The first-order valence-corrected chi connectivity index (χ1v) is 16.5. The third-order valence-electron chi connectivity index (χ3n) is 5.95. The van der Waals surface area contributed by atoms with Crippen molar-refractivity contribution in [3.8, 4) is 5.75 Å². The van der Waals surface area contributed by atoms with Crippen molar-refractivity contribution in [3.05, 3.63) is 77.9 Å². The summed E-state index contributed by atoms with van der Waals surface area (Å²) in [5.74, 6) is -5.26. The maximum Gasteiger partial charge on any atom is 0.345 e. The van der Waals surface area contributed by atoms with Gasteiger partial charge >= 0.3 is 16.1 Å². The van der Waals surface area contributed by atoms with Crippen LogP contribution in [-0.2, 0) is 25.0 Å². The van der Waals surface area contributed by atoms with E-state index in [1.165, 1.54) is 18.2 Å². The molecule has 242 valence electrons. The van der Waals surface area contributed by atoms with Crippen molar-refractivity contribution in [3.63, 3.8) is 0 Å². The Morgan fingerprint density at radius 1 is 0.933 bits per heavy atom. The molecule has 0 spiro atoms. The third kappa shape index (κ3) is 9.08. The molecule has 4 aromatic rings. The van der Waals surface area contributed by atoms with E-state index in [9.17, 15) is 39.2 Å². The molecule has 2 amide bonds. The fourth-order valence-corrected chi connectivity index (χ4v) is 6.49. The summed E-state index contributed by atoms with van der Waals surface area (Å²) in [7, 11) is -9.55. The van der Waals surface area contributed by atoms with Crippen molar-refractivity contribution in [1.29, 1.82) is 0 Å². The molecule has 5 rings (SSSR count). The highest BCUT2D eigenvalue weighted by Crippen LogP contribution is 2.31. The van der Waals surface area contributed by atoms with E-state index in [-0.39, 0.29) is 5.75 Å². The number of hydrogen-bond donors (Lipinski definition) is 3. The minimum Gasteiger partial charge on any atom is -0.379 e. The van der Waals surface area contributed by atoms with Gasteiger partial charge in [0.1, 0.15) is 29.0 Å². The van der Waals surface area contributed by atoms with Gasteiger partial charge in [0.2, 0.25) is 0 Å². The van der Waals surface area contributed by atoms with Crippen LogP contribution < -0.4 is 14.8 Å². The van der Waals surface area contributed by atoms with E-state index in [1.807, 2.05) is 0 Å². The van der Waals surface area contributed by atoms with Gasteiger partial charge in [0.15, 0.2) is 14.9 Å². The van der Waals surface area contributed by atoms with Gasteiger partial charge in [0.25, 0.3) is 10.1 Å². The standard InChI is InChI=1S/C20H20F2N4O5S2.C6H4F2O3S/c21-14-2-1-3-15(22)18(14)33(28,29)31-13-4-5-16-17(12-13)32-20(24-16)25-19(27)23-6-7-26-8-10-30-11-9-26;7-4-2-1-3-5(8)6(4)12(9,10)11/h1-5,12H,6-11H2,(H2,23,24,25,27);1-3H,(H,9,10,11). The first kappa shape index (κ1) is 34.0. The highest BCUT2D eigenvalue weighted by Gasteiger charge is 2.26. The highest BCUT2D eigenvalue weighted by atomic mass is 32.2. The van der Waals surface area contributed by atoms with Gasteiger partial charge < -0.3 is 14.2 Å². The van der Waals surface area contributed by atoms with Crippen LogP contribution in [0.5, 0.6) is 5.75 Å². The summed E-state index contributed by atoms with van der Waals surface area (Å²) >= 11 is 1.10. The lowest BCUT2D eigenvalue weighted by atomic mass is 10.3. The second-order valence-corrected chi connectivity index (χ2v) is 13.0. The summed E-state index contributed by atoms with van der Waals surface area (Å²) in [6.07, 6.45) is 0. The van der Waals surface area contributed by atoms with E-state index in [0.29, 0.717) is 41.7 Å². The Morgan fingerprint density at radius 3 is 2.07 bits per heavy atom. The summed E-state index contributed by atoms with van der Waals surface area (Å²) in [6.45, 7) is 4.17. The van der Waals surface area contributed by atoms with Crippen LogP contribution in [0.3, 0.4) is 0 Å². The van der Waals surface area contributed by atoms with Crippen molar-refractivity contribution in [2.24, 2.45) is 0 Å². The summed E-state index contributed by atoms with van der Waals surface area (Å²) in [6, 6.07) is 8.94. The van der Waals surface area contributed by atoms with Crippen LogP contribution in [0.1, 0.15) is 0 Å². The molecule has 1 aliphatic heterocycles. The van der Waals surface area contributed by atoms with Gasteiger partial charge in [-0.3, -0.25) is 14.8 Å². The molecule has 0 bridgehead atoms. The fourth-order valence-electron chi connectivity index (χ4n) is 3.92. The molecule has 3 N–H and O–H groups in total. The molecule has 45 heavy (non-hydrogen) atoms. The molecule has 0 unspecified atom stereocenters. The van der Waals surface area contributed by atoms with E-state index in [0.717, 1.165) is 60.8 Å². The van der Waals surface area contributed by atoms with Crippen LogP contribution in [0.2, 0.25) is 0 Å². The van der Waals surface area contributed by atoms with Gasteiger partial charge in [0, 0.05) is 32.2 Å². The quantitative estimate of drug-likeness (QED) is 0.140. The molecule has 0 radical (unpaired) electrons. The Kier molecular flexibility index (Phi) is 10.9. The number of fused-ring (bicyclic) bond motifs is 1. The van der Waals surface area contributed by atoms with Gasteiger partial charge in [0.05, 0.1) is 23.4 Å². The minimum atomic E-state index is -4.81. The molecular weight excluding hydrogens is 668 g/mol. The molecule has 12 nitrogen and oxygen atoms in total. The van der Waals surface area contributed by atoms with E-state index < -0.39 is 59.3 Å². The number of carbonyl (C=O) groups excluding carboxylic acids is 1. The number of halogens is 4. The maximum atomic E-state index is 13.9. The Hall–Kier alpha value is -3.88. The van der Waals surface area contributed by atoms with Crippen molar-refractivity contribution < 1.29 is 52.7 Å². The number of morpholine rings is 1. The number of aromatic nitrogens is 1. The molecule has 1 aliphatic rings. The van der Waals surface area contributed by atoms with Crippen LogP contribution in [0.4, 0.5) is 27.5 Å². The lowest BCUT2D eigenvalue weighted by Crippen LogP contribution is -2.42. The average molecular weight is 693 g/mol. The number of amides is 2. The van der Waals surface area contributed by atoms with Gasteiger partial charge in [-0.25, -0.2) is 27.3 Å². The number of urea groups is 1. The predicted octanol–water partition coefficient (Wildman–Crippen LogP) is 4.01. The molecule has 1 saturated heterocycles. The molecule has 1 fully saturated rings. The molecule has 19 heteroatoms. The maximum absolute atomic E-state index is 13.9. The number of carbonyl (C=O) groups is 1. The molecular formula is C26H24F4N4O8S3. The molecule has 1 aromatic heterocycles. The fraction of sp³-hybridized carbons (Fsp3) is 0.231. The van der Waals surface area contributed by atoms with Crippen molar-refractivity contribution in [2.75, 3.05) is 44.7 Å². The van der Waals surface area contributed by atoms with Crippen molar-refractivity contribution in [2.45, 2.75) is 9.79 Å². The third-order valence-corrected chi connectivity index (χ3v) is 9.09. The van der Waals surface area contributed by atoms with E-state index in [2.05, 4.69) is 20.5 Å². The van der Waals surface area contributed by atoms with Crippen LogP contribution in [0.15, 0.2) is 64.4 Å². The largest absolute Gasteiger partial charge is 0.379 e. The number of nitrogens with zero attached hydrogens (tertiary/aromatic N) is 2. The topological polar surface area (TPSA) is 164 Å². The van der Waals surface area contributed by atoms with Gasteiger partial charge in [-0.15, -0.1) is 0 Å². The van der Waals surface area contributed by atoms with Crippen molar-refractivity contribution in [1.82, 2.24) is 15.2 Å². The molecule has 2 heterocycles. The normalized spacial score (nSPS) is 14.0. The number of nitrogens with one attached hydrogen (secondary N) is 2. The molecule has 0 saturated carbocycles. The number of thiazole rings is 1. The summed E-state index contributed by atoms with van der Waals surface area (Å²) in [4.78, 5) is 16.1. The molecule has 3 aromatic carbocycles. The van der Waals surface area contributed by atoms with Gasteiger partial charge in [-0.1, -0.05) is 23.5 Å². The monoisotopic (exact) mass is 692 g/mol. The molecule has 0 atom stereocenters. The Morgan fingerprint density at radius 2 is 1.51 bits per heavy atom. The van der Waals surface area contributed by atoms with Gasteiger partial charge in [-0.2, -0.15) is 16.8 Å². The molecule has 0 aliphatic carbocycles. The van der Waals surface area contributed by atoms with Gasteiger partial charge in [-0.05, 0) is 36.4 Å². The number of rotatable bonds is 8. The predicted molar refractivity (Wildman–Crippen MR) is 154 cm³/mol. The number of hydrogen-bond acceptors (Lipinski definition) is 10. The average Bonchev–Trinajstić information content (AvgIpc) is 3.34. The lowest BCUT2D eigenvalue weighted by molar-refractivity contribution is 0.0388. The highest BCUT2D eigenvalue weighted by molar-refractivity contribution is 7.87. The van der Waals surface area contributed by atoms with Crippen molar-refractivity contribution >= 4 is 53.0 Å². The van der Waals surface area contributed by atoms with E-state index in [1.54, 1.807) is 0 Å². The first-order valence-electron chi connectivity index (χ1n) is 12.8. The second kappa shape index (κ2) is 14.5. The number of anilines is 1. The minimum absolute atomic E-state index is 0.143. The lowest BCUT2D eigenvalue weighted by Gasteiger charge is -2.26. The van der Waals surface area contributed by atoms with Crippen LogP contribution in [0.25, 0.3) is 10.2 Å². The number of ether oxygens (including phenoxy) is 1. The number of benzene rings is 3. The van der Waals surface area contributed by atoms with E-state index >= 15 is 0 Å².